The summed E-state index contributed by atoms with van der Waals surface area (Å²) in [6.45, 7) is 10.4. The highest BCUT2D eigenvalue weighted by atomic mass is 28.4. The molecule has 0 aliphatic heterocycles. The van der Waals surface area contributed by atoms with E-state index in [0.29, 0.717) is 38.0 Å². The second-order valence-corrected chi connectivity index (χ2v) is 17.3. The largest absolute Gasteiger partial charge is 0.481 e. The Hall–Kier alpha value is -3.25. The van der Waals surface area contributed by atoms with Crippen LogP contribution in [0.2, 0.25) is 18.1 Å². The summed E-state index contributed by atoms with van der Waals surface area (Å²) in [7, 11) is 0.699. The summed E-state index contributed by atoms with van der Waals surface area (Å²) in [4.78, 5) is 31.9. The molecule has 0 bridgehead atoms. The average Bonchev–Trinajstić information content (AvgIpc) is 2.96. The number of hydrogen-bond donors (Lipinski definition) is 1. The smallest absolute Gasteiger partial charge is 0.388 e. The molecule has 1 aliphatic rings. The molecule has 1 heterocycles. The van der Waals surface area contributed by atoms with Gasteiger partial charge in [0, 0.05) is 30.3 Å². The fourth-order valence-corrected chi connectivity index (χ4v) is 6.05. The van der Waals surface area contributed by atoms with Crippen LogP contribution in [0.15, 0.2) is 36.4 Å². The number of ether oxygens (including phenoxy) is 3. The highest BCUT2D eigenvalue weighted by Crippen LogP contribution is 2.39. The number of aromatic nitrogens is 1. The number of hydrogen-bond acceptors (Lipinski definition) is 7. The van der Waals surface area contributed by atoms with E-state index in [1.165, 1.54) is 26.4 Å². The molecular weight excluding hydrogens is 576 g/mol. The molecule has 1 N–H and O–H groups in total. The van der Waals surface area contributed by atoms with Gasteiger partial charge in [0.2, 0.25) is 11.8 Å². The third kappa shape index (κ3) is 8.66. The molecule has 2 aromatic rings. The van der Waals surface area contributed by atoms with Crippen LogP contribution in [0.4, 0.5) is 25.0 Å². The molecule has 0 spiro atoms. The molecule has 3 rings (SSSR count). The number of urea groups is 1. The second-order valence-electron chi connectivity index (χ2n) is 12.4. The van der Waals surface area contributed by atoms with Gasteiger partial charge in [0.15, 0.2) is 8.32 Å². The number of amides is 2. The van der Waals surface area contributed by atoms with Gasteiger partial charge in [0.25, 0.3) is 0 Å². The molecule has 1 aliphatic carbocycles. The number of para-hydroxylation sites is 1. The number of halogens is 2. The predicted octanol–water partition coefficient (Wildman–Crippen LogP) is 7.59. The minimum atomic E-state index is -3.15. The number of carbonyl (C=O) groups is 2. The fourth-order valence-electron chi connectivity index (χ4n) is 4.95. The monoisotopic (exact) mass is 621 g/mol. The summed E-state index contributed by atoms with van der Waals surface area (Å²) >= 11 is 0. The quantitative estimate of drug-likeness (QED) is 0.204. The number of alkyl halides is 2. The Morgan fingerprint density at radius 2 is 1.72 bits per heavy atom. The van der Waals surface area contributed by atoms with Crippen molar-refractivity contribution in [2.24, 2.45) is 5.92 Å². The van der Waals surface area contributed by atoms with Gasteiger partial charge in [0.05, 0.1) is 20.1 Å². The van der Waals surface area contributed by atoms with Crippen molar-refractivity contribution in [2.75, 3.05) is 31.0 Å². The minimum Gasteiger partial charge on any atom is -0.481 e. The summed E-state index contributed by atoms with van der Waals surface area (Å²) in [5, 5.41) is 2.79. The van der Waals surface area contributed by atoms with E-state index in [9.17, 15) is 18.4 Å². The van der Waals surface area contributed by atoms with Gasteiger partial charge in [-0.1, -0.05) is 45.9 Å². The van der Waals surface area contributed by atoms with E-state index in [-0.39, 0.29) is 40.5 Å². The van der Waals surface area contributed by atoms with Crippen LogP contribution in [-0.2, 0) is 14.0 Å². The Morgan fingerprint density at radius 1 is 1.07 bits per heavy atom. The number of methoxy groups -OCH3 is 2. The normalized spacial score (nSPS) is 18.1. The Morgan fingerprint density at radius 3 is 2.30 bits per heavy atom. The van der Waals surface area contributed by atoms with E-state index >= 15 is 0 Å². The molecule has 0 radical (unpaired) electrons. The number of anilines is 2. The van der Waals surface area contributed by atoms with Gasteiger partial charge in [-0.25, -0.2) is 4.79 Å². The highest BCUT2D eigenvalue weighted by molar-refractivity contribution is 6.74. The standard InChI is InChI=1S/C31H45F2N3O6Si/c1-20(19-41-43(7,8)31(2,3)4)23-11-9-10-12-25(23)36(22-15-13-21(14-16-22)28(37)40-6)30(38)34-24-17-18-26(39-5)35-27(24)42-29(32)33/h9-12,17-18,20-22,29H,13-16,19H2,1-8H3,(H,34,38). The SMILES string of the molecule is COC(=O)C1CCC(N(C(=O)Nc2ccc(OC)nc2OC(F)F)c2ccccc2C(C)CO[Si](C)(C)C(C)(C)C)CC1. The number of benzene rings is 1. The number of nitrogens with zero attached hydrogens (tertiary/aromatic N) is 2. The third-order valence-corrected chi connectivity index (χ3v) is 13.0. The van der Waals surface area contributed by atoms with Crippen LogP contribution >= 0.6 is 0 Å². The Kier molecular flexibility index (Phi) is 11.5. The van der Waals surface area contributed by atoms with Crippen molar-refractivity contribution in [3.63, 3.8) is 0 Å². The van der Waals surface area contributed by atoms with Crippen molar-refractivity contribution in [2.45, 2.75) is 90.1 Å². The van der Waals surface area contributed by atoms with E-state index in [1.807, 2.05) is 24.3 Å². The lowest BCUT2D eigenvalue weighted by Gasteiger charge is -2.39. The number of pyridine rings is 1. The number of rotatable bonds is 11. The molecule has 1 aromatic carbocycles. The molecule has 0 saturated heterocycles. The molecule has 1 aromatic heterocycles. The van der Waals surface area contributed by atoms with Crippen LogP contribution in [0.3, 0.4) is 0 Å². The Bertz CT molecular complexity index is 1250. The maximum atomic E-state index is 14.1. The van der Waals surface area contributed by atoms with Gasteiger partial charge in [-0.2, -0.15) is 13.8 Å². The first-order valence-corrected chi connectivity index (χ1v) is 17.5. The molecule has 43 heavy (non-hydrogen) atoms. The zero-order chi connectivity index (χ0) is 31.9. The first-order chi connectivity index (χ1) is 20.2. The van der Waals surface area contributed by atoms with Crippen LogP contribution in [0, 0.1) is 5.92 Å². The molecule has 12 heteroatoms. The average molecular weight is 622 g/mol. The van der Waals surface area contributed by atoms with Gasteiger partial charge in [-0.05, 0) is 61.5 Å². The summed E-state index contributed by atoms with van der Waals surface area (Å²) in [5.41, 5.74) is 1.58. The number of esters is 1. The molecule has 9 nitrogen and oxygen atoms in total. The van der Waals surface area contributed by atoms with E-state index in [4.69, 9.17) is 13.9 Å². The summed E-state index contributed by atoms with van der Waals surface area (Å²) < 4.78 is 47.6. The van der Waals surface area contributed by atoms with Crippen molar-refractivity contribution in [3.8, 4) is 11.8 Å². The lowest BCUT2D eigenvalue weighted by atomic mass is 9.84. The van der Waals surface area contributed by atoms with Crippen molar-refractivity contribution in [3.05, 3.63) is 42.0 Å². The molecule has 238 valence electrons. The van der Waals surface area contributed by atoms with E-state index < -0.39 is 26.8 Å². The molecule has 1 unspecified atom stereocenters. The van der Waals surface area contributed by atoms with Crippen molar-refractivity contribution >= 4 is 31.7 Å². The van der Waals surface area contributed by atoms with Crippen molar-refractivity contribution in [1.82, 2.24) is 4.98 Å². The zero-order valence-corrected chi connectivity index (χ0v) is 27.4. The van der Waals surface area contributed by atoms with Gasteiger partial charge in [-0.3, -0.25) is 9.69 Å². The maximum Gasteiger partial charge on any atom is 0.388 e. The fraction of sp³-hybridized carbons (Fsp3) is 0.581. The molecule has 1 saturated carbocycles. The summed E-state index contributed by atoms with van der Waals surface area (Å²) in [6.07, 6.45) is 2.21. The van der Waals surface area contributed by atoms with Gasteiger partial charge in [0.1, 0.15) is 5.69 Å². The lowest BCUT2D eigenvalue weighted by Crippen LogP contribution is -2.46. The van der Waals surface area contributed by atoms with Crippen LogP contribution in [0.25, 0.3) is 0 Å². The van der Waals surface area contributed by atoms with Gasteiger partial charge < -0.3 is 24.0 Å². The second kappa shape index (κ2) is 14.5. The molecule has 1 fully saturated rings. The maximum absolute atomic E-state index is 14.1. The Labute approximate surface area is 254 Å². The summed E-state index contributed by atoms with van der Waals surface area (Å²) in [6, 6.07) is 9.72. The number of carbonyl (C=O) groups excluding carboxylic acids is 2. The molecular formula is C31H45F2N3O6Si. The van der Waals surface area contributed by atoms with Gasteiger partial charge in [-0.15, -0.1) is 0 Å². The topological polar surface area (TPSA) is 99.2 Å². The van der Waals surface area contributed by atoms with Crippen LogP contribution in [0.1, 0.15) is 64.9 Å². The third-order valence-electron chi connectivity index (χ3n) is 8.53. The van der Waals surface area contributed by atoms with Crippen LogP contribution < -0.4 is 19.7 Å². The molecule has 1 atom stereocenters. The van der Waals surface area contributed by atoms with E-state index in [2.05, 4.69) is 55.8 Å². The van der Waals surface area contributed by atoms with Crippen molar-refractivity contribution < 1.29 is 37.0 Å². The minimum absolute atomic E-state index is 0.0221. The zero-order valence-electron chi connectivity index (χ0n) is 26.4. The first kappa shape index (κ1) is 34.2. The van der Waals surface area contributed by atoms with E-state index in [1.54, 1.807) is 4.90 Å². The number of nitrogens with one attached hydrogen (secondary N) is 1. The van der Waals surface area contributed by atoms with Crippen molar-refractivity contribution in [1.29, 1.82) is 0 Å². The molecule has 2 amide bonds. The lowest BCUT2D eigenvalue weighted by molar-refractivity contribution is -0.146. The first-order valence-electron chi connectivity index (χ1n) is 14.6. The van der Waals surface area contributed by atoms with E-state index in [0.717, 1.165) is 5.56 Å². The highest BCUT2D eigenvalue weighted by Gasteiger charge is 2.38. The Balaban J connectivity index is 1.98. The summed E-state index contributed by atoms with van der Waals surface area (Å²) in [5.74, 6) is -0.944. The van der Waals surface area contributed by atoms with Crippen LogP contribution in [0.5, 0.6) is 11.8 Å². The van der Waals surface area contributed by atoms with Crippen LogP contribution in [-0.4, -0.2) is 58.8 Å². The van der Waals surface area contributed by atoms with Gasteiger partial charge >= 0.3 is 18.6 Å². The predicted molar refractivity (Wildman–Crippen MR) is 165 cm³/mol.